The molecule has 0 unspecified atom stereocenters. The smallest absolute Gasteiger partial charge is 0.313 e. The van der Waals surface area contributed by atoms with Gasteiger partial charge in [0.1, 0.15) is 23.9 Å². The lowest BCUT2D eigenvalue weighted by Gasteiger charge is -2.07. The van der Waals surface area contributed by atoms with E-state index in [1.54, 1.807) is 48.9 Å². The maximum Gasteiger partial charge on any atom is 0.313 e. The van der Waals surface area contributed by atoms with Crippen molar-refractivity contribution in [1.82, 2.24) is 9.55 Å². The van der Waals surface area contributed by atoms with E-state index in [1.807, 2.05) is 0 Å². The van der Waals surface area contributed by atoms with Crippen LogP contribution in [-0.2, 0) is 16.0 Å². The Labute approximate surface area is 150 Å². The molecule has 0 N–H and O–H groups in total. The highest BCUT2D eigenvalue weighted by atomic mass is 19.1. The SMILES string of the molecule is CCOC(=O)Cc1nc(-c2ccc(F)c(C)c2)cn1-c1ccc(F)cc1. The van der Waals surface area contributed by atoms with Crippen LogP contribution in [0.5, 0.6) is 0 Å². The molecular formula is C20H18F2N2O2. The largest absolute Gasteiger partial charge is 0.466 e. The van der Waals surface area contributed by atoms with E-state index in [0.717, 1.165) is 5.56 Å². The summed E-state index contributed by atoms with van der Waals surface area (Å²) < 4.78 is 33.5. The zero-order chi connectivity index (χ0) is 18.7. The van der Waals surface area contributed by atoms with Crippen LogP contribution in [0.15, 0.2) is 48.7 Å². The molecule has 0 atom stereocenters. The van der Waals surface area contributed by atoms with Crippen LogP contribution in [0, 0.1) is 18.6 Å². The number of carbonyl (C=O) groups is 1. The number of nitrogens with zero attached hydrogens (tertiary/aromatic N) is 2. The van der Waals surface area contributed by atoms with Crippen LogP contribution >= 0.6 is 0 Å². The van der Waals surface area contributed by atoms with Crippen molar-refractivity contribution in [2.45, 2.75) is 20.3 Å². The number of ether oxygens (including phenoxy) is 1. The average Bonchev–Trinajstić information content (AvgIpc) is 3.02. The van der Waals surface area contributed by atoms with Crippen molar-refractivity contribution < 1.29 is 18.3 Å². The Morgan fingerprint density at radius 3 is 2.54 bits per heavy atom. The van der Waals surface area contributed by atoms with Crippen molar-refractivity contribution in [2.24, 2.45) is 0 Å². The van der Waals surface area contributed by atoms with E-state index < -0.39 is 5.97 Å². The van der Waals surface area contributed by atoms with Crippen LogP contribution in [0.4, 0.5) is 8.78 Å². The molecule has 0 fully saturated rings. The Morgan fingerprint density at radius 1 is 1.15 bits per heavy atom. The summed E-state index contributed by atoms with van der Waals surface area (Å²) in [6, 6.07) is 10.6. The first-order valence-corrected chi connectivity index (χ1v) is 8.24. The van der Waals surface area contributed by atoms with Crippen LogP contribution < -0.4 is 0 Å². The number of aryl methyl sites for hydroxylation is 1. The fraction of sp³-hybridized carbons (Fsp3) is 0.200. The molecule has 0 bridgehead atoms. The van der Waals surface area contributed by atoms with Crippen molar-refractivity contribution in [2.75, 3.05) is 6.61 Å². The molecule has 134 valence electrons. The summed E-state index contributed by atoms with van der Waals surface area (Å²) in [5, 5.41) is 0. The summed E-state index contributed by atoms with van der Waals surface area (Å²) in [5.41, 5.74) is 2.50. The fourth-order valence-corrected chi connectivity index (χ4v) is 2.65. The third-order valence-corrected chi connectivity index (χ3v) is 3.95. The minimum atomic E-state index is -0.400. The van der Waals surface area contributed by atoms with E-state index in [-0.39, 0.29) is 24.7 Å². The molecule has 0 aliphatic rings. The zero-order valence-electron chi connectivity index (χ0n) is 14.5. The second-order valence-electron chi connectivity index (χ2n) is 5.83. The van der Waals surface area contributed by atoms with Gasteiger partial charge >= 0.3 is 5.97 Å². The van der Waals surface area contributed by atoms with Crippen molar-refractivity contribution in [3.8, 4) is 16.9 Å². The van der Waals surface area contributed by atoms with Crippen molar-refractivity contribution in [3.63, 3.8) is 0 Å². The van der Waals surface area contributed by atoms with Crippen LogP contribution in [-0.4, -0.2) is 22.1 Å². The number of esters is 1. The van der Waals surface area contributed by atoms with E-state index in [4.69, 9.17) is 4.74 Å². The van der Waals surface area contributed by atoms with Gasteiger partial charge < -0.3 is 9.30 Å². The maximum atomic E-state index is 13.5. The van der Waals surface area contributed by atoms with Crippen LogP contribution in [0.25, 0.3) is 16.9 Å². The maximum absolute atomic E-state index is 13.5. The van der Waals surface area contributed by atoms with Gasteiger partial charge in [-0.05, 0) is 61.9 Å². The highest BCUT2D eigenvalue weighted by Gasteiger charge is 2.16. The number of halogens is 2. The van der Waals surface area contributed by atoms with Gasteiger partial charge in [-0.3, -0.25) is 4.79 Å². The molecule has 4 nitrogen and oxygen atoms in total. The average molecular weight is 356 g/mol. The Bertz CT molecular complexity index is 933. The lowest BCUT2D eigenvalue weighted by molar-refractivity contribution is -0.142. The molecule has 2 aromatic carbocycles. The van der Waals surface area contributed by atoms with Gasteiger partial charge in [-0.15, -0.1) is 0 Å². The normalized spacial score (nSPS) is 10.8. The lowest BCUT2D eigenvalue weighted by Crippen LogP contribution is -2.11. The molecule has 0 saturated carbocycles. The minimum Gasteiger partial charge on any atom is -0.466 e. The van der Waals surface area contributed by atoms with Gasteiger partial charge in [0, 0.05) is 17.4 Å². The van der Waals surface area contributed by atoms with Gasteiger partial charge in [-0.1, -0.05) is 0 Å². The first-order chi connectivity index (χ1) is 12.5. The third-order valence-electron chi connectivity index (χ3n) is 3.95. The zero-order valence-corrected chi connectivity index (χ0v) is 14.5. The van der Waals surface area contributed by atoms with Gasteiger partial charge in [0.25, 0.3) is 0 Å². The monoisotopic (exact) mass is 356 g/mol. The van der Waals surface area contributed by atoms with Crippen molar-refractivity contribution >= 4 is 5.97 Å². The van der Waals surface area contributed by atoms with Crippen LogP contribution in [0.3, 0.4) is 0 Å². The first kappa shape index (κ1) is 17.8. The fourth-order valence-electron chi connectivity index (χ4n) is 2.65. The van der Waals surface area contributed by atoms with E-state index in [9.17, 15) is 13.6 Å². The molecule has 6 heteroatoms. The summed E-state index contributed by atoms with van der Waals surface area (Å²) in [4.78, 5) is 16.4. The van der Waals surface area contributed by atoms with E-state index >= 15 is 0 Å². The number of rotatable bonds is 5. The summed E-state index contributed by atoms with van der Waals surface area (Å²) >= 11 is 0. The molecule has 0 radical (unpaired) electrons. The Balaban J connectivity index is 2.05. The van der Waals surface area contributed by atoms with E-state index in [1.165, 1.54) is 18.2 Å². The number of benzene rings is 2. The lowest BCUT2D eigenvalue weighted by atomic mass is 10.1. The predicted molar refractivity (Wildman–Crippen MR) is 94.0 cm³/mol. The number of imidazole rings is 1. The van der Waals surface area contributed by atoms with Gasteiger partial charge in [0.15, 0.2) is 0 Å². The highest BCUT2D eigenvalue weighted by molar-refractivity contribution is 5.72. The second kappa shape index (κ2) is 7.47. The molecule has 0 saturated heterocycles. The van der Waals surface area contributed by atoms with Crippen molar-refractivity contribution in [1.29, 1.82) is 0 Å². The minimum absolute atomic E-state index is 0.0224. The number of carbonyl (C=O) groups excluding carboxylic acids is 1. The Morgan fingerprint density at radius 2 is 1.88 bits per heavy atom. The predicted octanol–water partition coefficient (Wildman–Crippen LogP) is 4.23. The summed E-state index contributed by atoms with van der Waals surface area (Å²) in [5.74, 6) is -0.580. The van der Waals surface area contributed by atoms with Crippen LogP contribution in [0.2, 0.25) is 0 Å². The highest BCUT2D eigenvalue weighted by Crippen LogP contribution is 2.24. The molecule has 3 aromatic rings. The number of hydrogen-bond acceptors (Lipinski definition) is 3. The van der Waals surface area contributed by atoms with Gasteiger partial charge in [0.05, 0.1) is 12.3 Å². The molecule has 26 heavy (non-hydrogen) atoms. The standard InChI is InChI=1S/C20H18F2N2O2/c1-3-26-20(25)11-19-23-18(14-4-9-17(22)13(2)10-14)12-24(19)16-7-5-15(21)6-8-16/h4-10,12H,3,11H2,1-2H3. The molecule has 0 aliphatic carbocycles. The molecule has 1 aromatic heterocycles. The number of aromatic nitrogens is 2. The van der Waals surface area contributed by atoms with Gasteiger partial charge in [0.2, 0.25) is 0 Å². The molecule has 0 spiro atoms. The summed E-state index contributed by atoms with van der Waals surface area (Å²) in [7, 11) is 0. The summed E-state index contributed by atoms with van der Waals surface area (Å²) in [6.07, 6.45) is 1.72. The molecular weight excluding hydrogens is 338 g/mol. The topological polar surface area (TPSA) is 44.1 Å². The summed E-state index contributed by atoms with van der Waals surface area (Å²) in [6.45, 7) is 3.69. The van der Waals surface area contributed by atoms with E-state index in [2.05, 4.69) is 4.98 Å². The molecule has 0 amide bonds. The first-order valence-electron chi connectivity index (χ1n) is 8.24. The number of hydrogen-bond donors (Lipinski definition) is 0. The molecule has 3 rings (SSSR count). The molecule has 0 aliphatic heterocycles. The Hall–Kier alpha value is -3.02. The van der Waals surface area contributed by atoms with Crippen LogP contribution in [0.1, 0.15) is 18.3 Å². The van der Waals surface area contributed by atoms with Crippen molar-refractivity contribution in [3.05, 3.63) is 71.7 Å². The second-order valence-corrected chi connectivity index (χ2v) is 5.83. The van der Waals surface area contributed by atoms with E-state index in [0.29, 0.717) is 22.8 Å². The van der Waals surface area contributed by atoms with Gasteiger partial charge in [-0.2, -0.15) is 0 Å². The quantitative estimate of drug-likeness (QED) is 0.643. The Kier molecular flexibility index (Phi) is 5.11. The molecule has 1 heterocycles. The van der Waals surface area contributed by atoms with Gasteiger partial charge in [-0.25, -0.2) is 13.8 Å². The third kappa shape index (κ3) is 3.79.